The lowest BCUT2D eigenvalue weighted by Gasteiger charge is -2.11. The maximum atomic E-state index is 12.6. The Kier molecular flexibility index (Phi) is 6.21. The van der Waals surface area contributed by atoms with Crippen LogP contribution in [0.4, 0.5) is 5.69 Å². The van der Waals surface area contributed by atoms with Gasteiger partial charge >= 0.3 is 0 Å². The number of aromatic nitrogens is 3. The molecule has 4 rings (SSSR count). The highest BCUT2D eigenvalue weighted by Crippen LogP contribution is 2.29. The van der Waals surface area contributed by atoms with Crippen LogP contribution in [0.15, 0.2) is 76.5 Å². The van der Waals surface area contributed by atoms with E-state index in [2.05, 4.69) is 22.4 Å². The van der Waals surface area contributed by atoms with Gasteiger partial charge in [0.2, 0.25) is 11.7 Å². The Morgan fingerprint density at radius 2 is 1.90 bits per heavy atom. The minimum absolute atomic E-state index is 0.105. The largest absolute Gasteiger partial charge is 0.461 e. The lowest BCUT2D eigenvalue weighted by Crippen LogP contribution is -2.15. The number of thioether (sulfide) groups is 1. The van der Waals surface area contributed by atoms with Crippen LogP contribution in [0.2, 0.25) is 5.02 Å². The first-order valence-corrected chi connectivity index (χ1v) is 10.8. The molecule has 0 aliphatic heterocycles. The number of carbonyl (C=O) groups excluding carboxylic acids is 1. The monoisotopic (exact) mass is 438 g/mol. The highest BCUT2D eigenvalue weighted by molar-refractivity contribution is 7.99. The molecule has 0 atom stereocenters. The van der Waals surface area contributed by atoms with E-state index in [1.807, 2.05) is 47.0 Å². The first kappa shape index (κ1) is 20.3. The molecule has 6 nitrogen and oxygen atoms in total. The van der Waals surface area contributed by atoms with Crippen LogP contribution in [0.25, 0.3) is 17.3 Å². The molecule has 0 saturated heterocycles. The van der Waals surface area contributed by atoms with Gasteiger partial charge in [-0.2, -0.15) is 0 Å². The first-order valence-electron chi connectivity index (χ1n) is 9.41. The van der Waals surface area contributed by atoms with Gasteiger partial charge in [-0.05, 0) is 54.4 Å². The van der Waals surface area contributed by atoms with Crippen LogP contribution < -0.4 is 5.32 Å². The maximum absolute atomic E-state index is 12.6. The molecule has 0 fully saturated rings. The van der Waals surface area contributed by atoms with Gasteiger partial charge in [-0.25, -0.2) is 0 Å². The summed E-state index contributed by atoms with van der Waals surface area (Å²) in [6, 6.07) is 18.8. The van der Waals surface area contributed by atoms with Gasteiger partial charge in [0.25, 0.3) is 0 Å². The van der Waals surface area contributed by atoms with Crippen molar-refractivity contribution in [1.29, 1.82) is 0 Å². The van der Waals surface area contributed by atoms with Gasteiger partial charge in [0.05, 0.1) is 12.0 Å². The van der Waals surface area contributed by atoms with E-state index < -0.39 is 0 Å². The third-order valence-electron chi connectivity index (χ3n) is 4.46. The fraction of sp³-hybridized carbons (Fsp3) is 0.136. The van der Waals surface area contributed by atoms with Crippen molar-refractivity contribution in [2.75, 3.05) is 11.1 Å². The smallest absolute Gasteiger partial charge is 0.234 e. The standard InChI is InChI=1S/C22H19ClN4O2S/c1-2-15-6-3-4-7-18(15)24-20(28)14-30-22-26-25-21(19-8-5-13-29-19)27(22)17-11-9-16(23)10-12-17/h3-13H,2,14H2,1H3,(H,24,28). The number of benzene rings is 2. The van der Waals surface area contributed by atoms with Crippen molar-refractivity contribution >= 4 is 35.0 Å². The summed E-state index contributed by atoms with van der Waals surface area (Å²) in [5, 5.41) is 12.8. The summed E-state index contributed by atoms with van der Waals surface area (Å²) in [7, 11) is 0. The Bertz CT molecular complexity index is 1140. The number of carbonyl (C=O) groups is 1. The number of aryl methyl sites for hydroxylation is 1. The summed E-state index contributed by atoms with van der Waals surface area (Å²) >= 11 is 7.35. The number of halogens is 1. The molecular formula is C22H19ClN4O2S. The van der Waals surface area contributed by atoms with Crippen molar-refractivity contribution < 1.29 is 9.21 Å². The number of nitrogens with one attached hydrogen (secondary N) is 1. The van der Waals surface area contributed by atoms with Gasteiger partial charge in [0.15, 0.2) is 10.9 Å². The van der Waals surface area contributed by atoms with Crippen LogP contribution in [-0.4, -0.2) is 26.4 Å². The summed E-state index contributed by atoms with van der Waals surface area (Å²) in [5.41, 5.74) is 2.76. The molecular weight excluding hydrogens is 420 g/mol. The van der Waals surface area contributed by atoms with Gasteiger partial charge < -0.3 is 9.73 Å². The summed E-state index contributed by atoms with van der Waals surface area (Å²) in [6.45, 7) is 2.06. The Morgan fingerprint density at radius 1 is 1.10 bits per heavy atom. The van der Waals surface area contributed by atoms with E-state index in [9.17, 15) is 4.79 Å². The summed E-state index contributed by atoms with van der Waals surface area (Å²) in [5.74, 6) is 1.24. The molecule has 0 unspecified atom stereocenters. The lowest BCUT2D eigenvalue weighted by molar-refractivity contribution is -0.113. The van der Waals surface area contributed by atoms with Gasteiger partial charge in [-0.3, -0.25) is 9.36 Å². The van der Waals surface area contributed by atoms with E-state index in [-0.39, 0.29) is 11.7 Å². The van der Waals surface area contributed by atoms with E-state index in [0.29, 0.717) is 21.8 Å². The van der Waals surface area contributed by atoms with Crippen LogP contribution in [0.1, 0.15) is 12.5 Å². The van der Waals surface area contributed by atoms with E-state index in [0.717, 1.165) is 23.4 Å². The minimum atomic E-state index is -0.105. The van der Waals surface area contributed by atoms with E-state index in [1.165, 1.54) is 11.8 Å². The summed E-state index contributed by atoms with van der Waals surface area (Å²) in [4.78, 5) is 12.6. The molecule has 2 heterocycles. The van der Waals surface area contributed by atoms with Gasteiger partial charge in [0, 0.05) is 16.4 Å². The first-order chi connectivity index (χ1) is 14.7. The van der Waals surface area contributed by atoms with Crippen molar-refractivity contribution in [1.82, 2.24) is 14.8 Å². The molecule has 2 aromatic carbocycles. The lowest BCUT2D eigenvalue weighted by atomic mass is 10.1. The zero-order valence-electron chi connectivity index (χ0n) is 16.2. The normalized spacial score (nSPS) is 10.9. The zero-order valence-corrected chi connectivity index (χ0v) is 17.8. The zero-order chi connectivity index (χ0) is 20.9. The fourth-order valence-electron chi connectivity index (χ4n) is 3.02. The number of rotatable bonds is 7. The third kappa shape index (κ3) is 4.42. The van der Waals surface area contributed by atoms with Crippen molar-refractivity contribution in [2.45, 2.75) is 18.5 Å². The second-order valence-electron chi connectivity index (χ2n) is 6.44. The molecule has 0 aliphatic rings. The molecule has 4 aromatic rings. The van der Waals surface area contributed by atoms with Crippen LogP contribution in [0, 0.1) is 0 Å². The predicted molar refractivity (Wildman–Crippen MR) is 119 cm³/mol. The topological polar surface area (TPSA) is 73.0 Å². The highest BCUT2D eigenvalue weighted by Gasteiger charge is 2.19. The van der Waals surface area contributed by atoms with Crippen molar-refractivity contribution in [3.05, 3.63) is 77.5 Å². The Morgan fingerprint density at radius 3 is 2.63 bits per heavy atom. The van der Waals surface area contributed by atoms with Crippen molar-refractivity contribution in [2.24, 2.45) is 0 Å². The molecule has 2 aromatic heterocycles. The average molecular weight is 439 g/mol. The number of nitrogens with zero attached hydrogens (tertiary/aromatic N) is 3. The number of hydrogen-bond acceptors (Lipinski definition) is 5. The molecule has 0 radical (unpaired) electrons. The third-order valence-corrected chi connectivity index (χ3v) is 5.65. The van der Waals surface area contributed by atoms with Crippen molar-refractivity contribution in [3.8, 4) is 17.3 Å². The second-order valence-corrected chi connectivity index (χ2v) is 7.82. The second kappa shape index (κ2) is 9.19. The number of anilines is 1. The van der Waals surface area contributed by atoms with E-state index in [4.69, 9.17) is 16.0 Å². The number of para-hydroxylation sites is 1. The molecule has 1 N–H and O–H groups in total. The minimum Gasteiger partial charge on any atom is -0.461 e. The SMILES string of the molecule is CCc1ccccc1NC(=O)CSc1nnc(-c2ccco2)n1-c1ccc(Cl)cc1. The fourth-order valence-corrected chi connectivity index (χ4v) is 3.90. The van der Waals surface area contributed by atoms with Crippen LogP contribution >= 0.6 is 23.4 Å². The average Bonchev–Trinajstić information content (AvgIpc) is 3.43. The predicted octanol–water partition coefficient (Wildman–Crippen LogP) is 5.47. The van der Waals surface area contributed by atoms with Gasteiger partial charge in [0.1, 0.15) is 0 Å². The molecule has 30 heavy (non-hydrogen) atoms. The van der Waals surface area contributed by atoms with Gasteiger partial charge in [-0.15, -0.1) is 10.2 Å². The Balaban J connectivity index is 1.57. The summed E-state index contributed by atoms with van der Waals surface area (Å²) < 4.78 is 7.37. The molecule has 0 bridgehead atoms. The molecule has 0 spiro atoms. The molecule has 152 valence electrons. The van der Waals surface area contributed by atoms with E-state index in [1.54, 1.807) is 24.5 Å². The molecule has 8 heteroatoms. The molecule has 1 amide bonds. The van der Waals surface area contributed by atoms with Crippen LogP contribution in [-0.2, 0) is 11.2 Å². The maximum Gasteiger partial charge on any atom is 0.234 e. The van der Waals surface area contributed by atoms with E-state index >= 15 is 0 Å². The quantitative estimate of drug-likeness (QED) is 0.387. The Hall–Kier alpha value is -3.03. The van der Waals surface area contributed by atoms with Gasteiger partial charge in [-0.1, -0.05) is 48.5 Å². The van der Waals surface area contributed by atoms with Crippen molar-refractivity contribution in [3.63, 3.8) is 0 Å². The number of amides is 1. The molecule has 0 aliphatic carbocycles. The van der Waals surface area contributed by atoms with Crippen LogP contribution in [0.5, 0.6) is 0 Å². The summed E-state index contributed by atoms with van der Waals surface area (Å²) in [6.07, 6.45) is 2.43. The Labute approximate surface area is 183 Å². The van der Waals surface area contributed by atoms with Crippen LogP contribution in [0.3, 0.4) is 0 Å². The molecule has 0 saturated carbocycles. The number of furan rings is 1. The highest BCUT2D eigenvalue weighted by atomic mass is 35.5. The number of hydrogen-bond donors (Lipinski definition) is 1.